The fourth-order valence-electron chi connectivity index (χ4n) is 3.81. The number of rotatable bonds is 3. The molecular weight excluding hydrogens is 244 g/mol. The molecule has 0 radical (unpaired) electrons. The number of fused-ring (bicyclic) bond motifs is 1. The van der Waals surface area contributed by atoms with Crippen molar-refractivity contribution in [3.05, 3.63) is 29.8 Å². The third-order valence-electron chi connectivity index (χ3n) is 5.28. The lowest BCUT2D eigenvalue weighted by molar-refractivity contribution is 0.125. The van der Waals surface area contributed by atoms with Crippen molar-refractivity contribution in [2.24, 2.45) is 5.41 Å². The highest BCUT2D eigenvalue weighted by Gasteiger charge is 2.30. The highest BCUT2D eigenvalue weighted by molar-refractivity contribution is 5.56. The molecule has 1 aliphatic heterocycles. The summed E-state index contributed by atoms with van der Waals surface area (Å²) in [4.78, 5) is 2.60. The number of nitrogens with zero attached hydrogens (tertiary/aromatic N) is 1. The number of hydrogen-bond acceptors (Lipinski definition) is 2. The Morgan fingerprint density at radius 3 is 2.60 bits per heavy atom. The Morgan fingerprint density at radius 2 is 1.90 bits per heavy atom. The largest absolute Gasteiger partial charge is 0.380 e. The molecule has 1 aromatic rings. The summed E-state index contributed by atoms with van der Waals surface area (Å²) >= 11 is 0. The number of benzene rings is 1. The number of anilines is 1. The van der Waals surface area contributed by atoms with E-state index in [-0.39, 0.29) is 0 Å². The first kappa shape index (κ1) is 13.9. The first-order valence-electron chi connectivity index (χ1n) is 8.08. The van der Waals surface area contributed by atoms with Crippen LogP contribution in [0.1, 0.15) is 45.1 Å². The minimum atomic E-state index is 0.569. The second-order valence-electron chi connectivity index (χ2n) is 7.54. The van der Waals surface area contributed by atoms with Crippen LogP contribution in [0.4, 0.5) is 5.69 Å². The molecule has 0 spiro atoms. The molecule has 1 aromatic carbocycles. The lowest BCUT2D eigenvalue weighted by atomic mass is 9.75. The van der Waals surface area contributed by atoms with Crippen LogP contribution in [0.5, 0.6) is 0 Å². The van der Waals surface area contributed by atoms with Gasteiger partial charge in [-0.3, -0.25) is 0 Å². The van der Waals surface area contributed by atoms with E-state index in [2.05, 4.69) is 55.4 Å². The summed E-state index contributed by atoms with van der Waals surface area (Å²) in [5.41, 5.74) is 3.39. The molecule has 1 unspecified atom stereocenters. The molecule has 3 rings (SSSR count). The Morgan fingerprint density at radius 1 is 1.20 bits per heavy atom. The zero-order valence-electron chi connectivity index (χ0n) is 13.2. The summed E-state index contributed by atoms with van der Waals surface area (Å²) in [5, 5.41) is 3.68. The van der Waals surface area contributed by atoms with Crippen molar-refractivity contribution in [1.82, 2.24) is 4.90 Å². The molecule has 2 aliphatic rings. The van der Waals surface area contributed by atoms with E-state index in [0.29, 0.717) is 11.5 Å². The highest BCUT2D eigenvalue weighted by Crippen LogP contribution is 2.37. The van der Waals surface area contributed by atoms with Crippen molar-refractivity contribution in [2.45, 2.75) is 58.0 Å². The maximum atomic E-state index is 3.68. The predicted octanol–water partition coefficient (Wildman–Crippen LogP) is 3.92. The lowest BCUT2D eigenvalue weighted by Crippen LogP contribution is -2.42. The Labute approximate surface area is 123 Å². The second kappa shape index (κ2) is 5.40. The molecule has 1 N–H and O–H groups in total. The van der Waals surface area contributed by atoms with Gasteiger partial charge in [0.05, 0.1) is 0 Å². The summed E-state index contributed by atoms with van der Waals surface area (Å²) < 4.78 is 0. The van der Waals surface area contributed by atoms with E-state index in [1.807, 2.05) is 0 Å². The number of hydrogen-bond donors (Lipinski definition) is 1. The zero-order chi connectivity index (χ0) is 14.2. The molecule has 1 heterocycles. The van der Waals surface area contributed by atoms with Gasteiger partial charge in [-0.15, -0.1) is 0 Å². The molecule has 1 saturated carbocycles. The van der Waals surface area contributed by atoms with Crippen LogP contribution in [0.25, 0.3) is 0 Å². The fraction of sp³-hybridized carbons (Fsp3) is 0.667. The average Bonchev–Trinajstić information content (AvgIpc) is 2.80. The van der Waals surface area contributed by atoms with Gasteiger partial charge in [-0.05, 0) is 56.2 Å². The van der Waals surface area contributed by atoms with Crippen LogP contribution in [0.2, 0.25) is 0 Å². The topological polar surface area (TPSA) is 15.3 Å². The Bertz CT molecular complexity index is 431. The van der Waals surface area contributed by atoms with Crippen LogP contribution in [0.3, 0.4) is 0 Å². The van der Waals surface area contributed by atoms with E-state index in [0.717, 1.165) is 6.04 Å². The molecule has 2 nitrogen and oxygen atoms in total. The average molecular weight is 272 g/mol. The first-order chi connectivity index (χ1) is 9.53. The Kier molecular flexibility index (Phi) is 3.76. The molecular formula is C18H28N2. The predicted molar refractivity (Wildman–Crippen MR) is 86.2 cm³/mol. The molecule has 1 aliphatic carbocycles. The molecule has 110 valence electrons. The molecule has 0 bridgehead atoms. The number of para-hydroxylation sites is 1. The molecule has 1 atom stereocenters. The van der Waals surface area contributed by atoms with Crippen molar-refractivity contribution in [3.63, 3.8) is 0 Å². The molecule has 2 heteroatoms. The molecule has 0 saturated heterocycles. The SMILES string of the molecule is CN(CC1Cc2ccccc2N1)C1CCC(C)(C)CC1. The monoisotopic (exact) mass is 272 g/mol. The summed E-state index contributed by atoms with van der Waals surface area (Å²) in [5.74, 6) is 0. The van der Waals surface area contributed by atoms with Crippen molar-refractivity contribution >= 4 is 5.69 Å². The summed E-state index contributed by atoms with van der Waals surface area (Å²) in [7, 11) is 2.31. The molecule has 20 heavy (non-hydrogen) atoms. The summed E-state index contributed by atoms with van der Waals surface area (Å²) in [6, 6.07) is 10.1. The fourth-order valence-corrected chi connectivity index (χ4v) is 3.81. The summed E-state index contributed by atoms with van der Waals surface area (Å²) in [6.07, 6.45) is 6.66. The van der Waals surface area contributed by atoms with Gasteiger partial charge in [-0.2, -0.15) is 0 Å². The minimum absolute atomic E-state index is 0.569. The van der Waals surface area contributed by atoms with Crippen LogP contribution in [0, 0.1) is 5.41 Å². The standard InChI is InChI=1S/C18H28N2/c1-18(2)10-8-16(9-11-18)20(3)13-15-12-14-6-4-5-7-17(14)19-15/h4-7,15-16,19H,8-13H2,1-3H3. The van der Waals surface area contributed by atoms with Gasteiger partial charge in [-0.1, -0.05) is 32.0 Å². The molecule has 0 aromatic heterocycles. The van der Waals surface area contributed by atoms with Crippen LogP contribution in [-0.4, -0.2) is 30.6 Å². The van der Waals surface area contributed by atoms with Gasteiger partial charge in [0.2, 0.25) is 0 Å². The lowest BCUT2D eigenvalue weighted by Gasteiger charge is -2.39. The molecule has 1 fully saturated rings. The van der Waals surface area contributed by atoms with E-state index in [1.165, 1.54) is 49.9 Å². The van der Waals surface area contributed by atoms with E-state index in [9.17, 15) is 0 Å². The van der Waals surface area contributed by atoms with Gasteiger partial charge in [0.25, 0.3) is 0 Å². The number of nitrogens with one attached hydrogen (secondary N) is 1. The van der Waals surface area contributed by atoms with E-state index in [4.69, 9.17) is 0 Å². The van der Waals surface area contributed by atoms with E-state index >= 15 is 0 Å². The minimum Gasteiger partial charge on any atom is -0.380 e. The Balaban J connectivity index is 1.52. The van der Waals surface area contributed by atoms with Crippen molar-refractivity contribution < 1.29 is 0 Å². The summed E-state index contributed by atoms with van der Waals surface area (Å²) in [6.45, 7) is 6.00. The normalized spacial score (nSPS) is 25.5. The maximum absolute atomic E-state index is 3.68. The van der Waals surface area contributed by atoms with Gasteiger partial charge >= 0.3 is 0 Å². The first-order valence-corrected chi connectivity index (χ1v) is 8.08. The second-order valence-corrected chi connectivity index (χ2v) is 7.54. The number of likely N-dealkylation sites (N-methyl/N-ethyl adjacent to an activating group) is 1. The van der Waals surface area contributed by atoms with E-state index < -0.39 is 0 Å². The smallest absolute Gasteiger partial charge is 0.0429 e. The van der Waals surface area contributed by atoms with Gasteiger partial charge in [0.15, 0.2) is 0 Å². The van der Waals surface area contributed by atoms with Crippen LogP contribution >= 0.6 is 0 Å². The molecule has 0 amide bonds. The van der Waals surface area contributed by atoms with Gasteiger partial charge in [0.1, 0.15) is 0 Å². The van der Waals surface area contributed by atoms with Crippen LogP contribution in [0.15, 0.2) is 24.3 Å². The zero-order valence-corrected chi connectivity index (χ0v) is 13.2. The third-order valence-corrected chi connectivity index (χ3v) is 5.28. The van der Waals surface area contributed by atoms with E-state index in [1.54, 1.807) is 0 Å². The Hall–Kier alpha value is -1.02. The van der Waals surface area contributed by atoms with Crippen molar-refractivity contribution in [3.8, 4) is 0 Å². The third kappa shape index (κ3) is 3.01. The van der Waals surface area contributed by atoms with Crippen LogP contribution in [-0.2, 0) is 6.42 Å². The van der Waals surface area contributed by atoms with Gasteiger partial charge in [0, 0.05) is 24.3 Å². The quantitative estimate of drug-likeness (QED) is 0.897. The highest BCUT2D eigenvalue weighted by atomic mass is 15.2. The van der Waals surface area contributed by atoms with Crippen LogP contribution < -0.4 is 5.32 Å². The van der Waals surface area contributed by atoms with Crippen molar-refractivity contribution in [1.29, 1.82) is 0 Å². The van der Waals surface area contributed by atoms with Gasteiger partial charge < -0.3 is 10.2 Å². The maximum Gasteiger partial charge on any atom is 0.0429 e. The van der Waals surface area contributed by atoms with Crippen molar-refractivity contribution in [2.75, 3.05) is 18.9 Å². The van der Waals surface area contributed by atoms with Gasteiger partial charge in [-0.25, -0.2) is 0 Å².